The molecule has 1 saturated carbocycles. The molecule has 8 heteroatoms. The number of halogens is 1. The van der Waals surface area contributed by atoms with Crippen molar-refractivity contribution in [3.63, 3.8) is 0 Å². The molecular formula is C25H33ClN2O4S. The van der Waals surface area contributed by atoms with Gasteiger partial charge in [-0.25, -0.2) is 0 Å². The Kier molecular flexibility index (Phi) is 9.88. The molecule has 1 heterocycles. The first-order chi connectivity index (χ1) is 16.1. The van der Waals surface area contributed by atoms with Crippen LogP contribution in [0.4, 0.5) is 0 Å². The third-order valence-electron chi connectivity index (χ3n) is 5.82. The fourth-order valence-corrected chi connectivity index (χ4v) is 5.01. The van der Waals surface area contributed by atoms with Gasteiger partial charge in [0.2, 0.25) is 11.8 Å². The number of carbonyl (C=O) groups excluding carboxylic acids is 2. The number of benzene rings is 1. The third kappa shape index (κ3) is 6.87. The number of hydrogen-bond acceptors (Lipinski definition) is 5. The number of thiophene rings is 1. The Bertz CT molecular complexity index is 900. The van der Waals surface area contributed by atoms with Crippen molar-refractivity contribution in [1.82, 2.24) is 10.2 Å². The Morgan fingerprint density at radius 2 is 2.00 bits per heavy atom. The van der Waals surface area contributed by atoms with Crippen molar-refractivity contribution in [2.45, 2.75) is 64.1 Å². The summed E-state index contributed by atoms with van der Waals surface area (Å²) in [7, 11) is 1.57. The van der Waals surface area contributed by atoms with Crippen LogP contribution in [0, 0.1) is 0 Å². The predicted molar refractivity (Wildman–Crippen MR) is 132 cm³/mol. The molecule has 1 unspecified atom stereocenters. The highest BCUT2D eigenvalue weighted by Gasteiger charge is 2.33. The van der Waals surface area contributed by atoms with Gasteiger partial charge in [0, 0.05) is 10.9 Å². The SMILES string of the molecule is CCCOc1ccc(C(C(=O)NC2CCCCC2)N(Cc2cccs2)C(=O)CCl)cc1OC. The molecular weight excluding hydrogens is 460 g/mol. The number of amides is 2. The first-order valence-electron chi connectivity index (χ1n) is 11.6. The molecule has 6 nitrogen and oxygen atoms in total. The van der Waals surface area contributed by atoms with Crippen LogP contribution in [-0.2, 0) is 16.1 Å². The van der Waals surface area contributed by atoms with E-state index in [0.717, 1.165) is 37.0 Å². The van der Waals surface area contributed by atoms with Crippen molar-refractivity contribution in [1.29, 1.82) is 0 Å². The molecule has 1 aromatic carbocycles. The lowest BCUT2D eigenvalue weighted by molar-refractivity contribution is -0.140. The van der Waals surface area contributed by atoms with Gasteiger partial charge in [-0.15, -0.1) is 22.9 Å². The second-order valence-corrected chi connectivity index (χ2v) is 9.54. The molecule has 0 saturated heterocycles. The van der Waals surface area contributed by atoms with E-state index in [1.54, 1.807) is 35.5 Å². The zero-order valence-electron chi connectivity index (χ0n) is 19.3. The Labute approximate surface area is 205 Å². The van der Waals surface area contributed by atoms with Crippen LogP contribution in [0.15, 0.2) is 35.7 Å². The molecule has 1 aliphatic rings. The van der Waals surface area contributed by atoms with Crippen molar-refractivity contribution < 1.29 is 19.1 Å². The van der Waals surface area contributed by atoms with Crippen molar-refractivity contribution in [3.05, 3.63) is 46.2 Å². The molecule has 1 atom stereocenters. The molecule has 1 fully saturated rings. The number of nitrogens with zero attached hydrogens (tertiary/aromatic N) is 1. The first kappa shape index (κ1) is 25.4. The highest BCUT2D eigenvalue weighted by Crippen LogP contribution is 2.34. The number of hydrogen-bond donors (Lipinski definition) is 1. The van der Waals surface area contributed by atoms with Crippen LogP contribution in [0.1, 0.15) is 61.9 Å². The maximum Gasteiger partial charge on any atom is 0.247 e. The van der Waals surface area contributed by atoms with E-state index in [1.165, 1.54) is 6.42 Å². The van der Waals surface area contributed by atoms with Gasteiger partial charge in [-0.1, -0.05) is 38.3 Å². The first-order valence-corrected chi connectivity index (χ1v) is 13.0. The molecule has 1 aliphatic carbocycles. The van der Waals surface area contributed by atoms with Gasteiger partial charge >= 0.3 is 0 Å². The number of carbonyl (C=O) groups is 2. The average molecular weight is 493 g/mol. The number of methoxy groups -OCH3 is 1. The van der Waals surface area contributed by atoms with Crippen LogP contribution in [0.3, 0.4) is 0 Å². The molecule has 2 aromatic rings. The summed E-state index contributed by atoms with van der Waals surface area (Å²) < 4.78 is 11.3. The molecule has 3 rings (SSSR count). The average Bonchev–Trinajstić information content (AvgIpc) is 3.36. The summed E-state index contributed by atoms with van der Waals surface area (Å²) in [5.41, 5.74) is 0.666. The summed E-state index contributed by atoms with van der Waals surface area (Å²) in [5.74, 6) is 0.460. The van der Waals surface area contributed by atoms with E-state index in [1.807, 2.05) is 30.5 Å². The summed E-state index contributed by atoms with van der Waals surface area (Å²) in [6, 6.07) is 8.62. The number of alkyl halides is 1. The van der Waals surface area contributed by atoms with E-state index >= 15 is 0 Å². The monoisotopic (exact) mass is 492 g/mol. The Balaban J connectivity index is 1.97. The summed E-state index contributed by atoms with van der Waals surface area (Å²) in [6.45, 7) is 2.91. The molecule has 1 N–H and O–H groups in total. The van der Waals surface area contributed by atoms with Crippen molar-refractivity contribution in [3.8, 4) is 11.5 Å². The summed E-state index contributed by atoms with van der Waals surface area (Å²) in [6.07, 6.45) is 6.19. The van der Waals surface area contributed by atoms with E-state index < -0.39 is 6.04 Å². The van der Waals surface area contributed by atoms with Crippen LogP contribution in [0.5, 0.6) is 11.5 Å². The van der Waals surface area contributed by atoms with Crippen LogP contribution in [0.2, 0.25) is 0 Å². The van der Waals surface area contributed by atoms with Crippen LogP contribution in [-0.4, -0.2) is 42.4 Å². The largest absolute Gasteiger partial charge is 0.493 e. The van der Waals surface area contributed by atoms with E-state index in [2.05, 4.69) is 5.32 Å². The minimum Gasteiger partial charge on any atom is -0.493 e. The van der Waals surface area contributed by atoms with Crippen LogP contribution < -0.4 is 14.8 Å². The van der Waals surface area contributed by atoms with Gasteiger partial charge in [-0.3, -0.25) is 9.59 Å². The van der Waals surface area contributed by atoms with Gasteiger partial charge in [0.25, 0.3) is 0 Å². The summed E-state index contributed by atoms with van der Waals surface area (Å²) >= 11 is 7.54. The van der Waals surface area contributed by atoms with Gasteiger partial charge in [0.15, 0.2) is 11.5 Å². The van der Waals surface area contributed by atoms with Gasteiger partial charge in [0.05, 0.1) is 20.3 Å². The lowest BCUT2D eigenvalue weighted by atomic mass is 9.94. The maximum absolute atomic E-state index is 13.6. The minimum atomic E-state index is -0.825. The molecule has 33 heavy (non-hydrogen) atoms. The van der Waals surface area contributed by atoms with Gasteiger partial charge < -0.3 is 19.7 Å². The highest BCUT2D eigenvalue weighted by molar-refractivity contribution is 7.09. The lowest BCUT2D eigenvalue weighted by Gasteiger charge is -2.33. The molecule has 0 spiro atoms. The van der Waals surface area contributed by atoms with Crippen molar-refractivity contribution >= 4 is 34.8 Å². The fraction of sp³-hybridized carbons (Fsp3) is 0.520. The third-order valence-corrected chi connectivity index (χ3v) is 6.91. The minimum absolute atomic E-state index is 0.123. The second-order valence-electron chi connectivity index (χ2n) is 8.24. The number of rotatable bonds is 11. The van der Waals surface area contributed by atoms with E-state index in [9.17, 15) is 9.59 Å². The summed E-state index contributed by atoms with van der Waals surface area (Å²) in [5, 5.41) is 5.16. The van der Waals surface area contributed by atoms with Gasteiger partial charge in [-0.05, 0) is 48.4 Å². The lowest BCUT2D eigenvalue weighted by Crippen LogP contribution is -2.47. The maximum atomic E-state index is 13.6. The predicted octanol–water partition coefficient (Wildman–Crippen LogP) is 5.30. The van der Waals surface area contributed by atoms with Crippen LogP contribution >= 0.6 is 22.9 Å². The van der Waals surface area contributed by atoms with E-state index in [4.69, 9.17) is 21.1 Å². The molecule has 0 bridgehead atoms. The Hall–Kier alpha value is -2.25. The van der Waals surface area contributed by atoms with Gasteiger partial charge in [0.1, 0.15) is 11.9 Å². The quantitative estimate of drug-likeness (QED) is 0.432. The second kappa shape index (κ2) is 12.8. The molecule has 0 radical (unpaired) electrons. The van der Waals surface area contributed by atoms with Gasteiger partial charge in [-0.2, -0.15) is 0 Å². The molecule has 2 amide bonds. The smallest absolute Gasteiger partial charge is 0.247 e. The molecule has 180 valence electrons. The Morgan fingerprint density at radius 1 is 1.21 bits per heavy atom. The zero-order valence-corrected chi connectivity index (χ0v) is 20.9. The van der Waals surface area contributed by atoms with Crippen molar-refractivity contribution in [2.75, 3.05) is 19.6 Å². The van der Waals surface area contributed by atoms with E-state index in [0.29, 0.717) is 30.2 Å². The fourth-order valence-electron chi connectivity index (χ4n) is 4.16. The van der Waals surface area contributed by atoms with Crippen molar-refractivity contribution in [2.24, 2.45) is 0 Å². The molecule has 0 aliphatic heterocycles. The number of ether oxygens (including phenoxy) is 2. The molecule has 1 aromatic heterocycles. The van der Waals surface area contributed by atoms with Crippen LogP contribution in [0.25, 0.3) is 0 Å². The standard InChI is InChI=1S/C25H33ClN2O4S/c1-3-13-32-21-12-11-18(15-22(21)31-2)24(25(30)27-19-8-5-4-6-9-19)28(23(29)16-26)17-20-10-7-14-33-20/h7,10-12,14-15,19,24H,3-6,8-9,13,16-17H2,1-2H3,(H,27,30). The Morgan fingerprint density at radius 3 is 2.64 bits per heavy atom. The zero-order chi connectivity index (χ0) is 23.6. The van der Waals surface area contributed by atoms with E-state index in [-0.39, 0.29) is 23.7 Å². The normalized spacial score (nSPS) is 15.0. The summed E-state index contributed by atoms with van der Waals surface area (Å²) in [4.78, 5) is 29.2. The number of nitrogens with one attached hydrogen (secondary N) is 1. The topological polar surface area (TPSA) is 67.9 Å². The highest BCUT2D eigenvalue weighted by atomic mass is 35.5.